The van der Waals surface area contributed by atoms with Crippen molar-refractivity contribution in [2.45, 2.75) is 39.3 Å². The molecule has 1 amide bonds. The van der Waals surface area contributed by atoms with E-state index >= 15 is 0 Å². The number of nitrogens with zero attached hydrogens (tertiary/aromatic N) is 4. The van der Waals surface area contributed by atoms with Crippen molar-refractivity contribution in [3.63, 3.8) is 0 Å². The SMILES string of the molecule is CC(=O)Nc1nc(N(C)CCCc2ccccc2)nc(C(C)(C)F)n1. The van der Waals surface area contributed by atoms with E-state index in [0.29, 0.717) is 12.5 Å². The maximum Gasteiger partial charge on any atom is 0.234 e. The van der Waals surface area contributed by atoms with E-state index in [-0.39, 0.29) is 17.7 Å². The van der Waals surface area contributed by atoms with Crippen LogP contribution in [0.5, 0.6) is 0 Å². The number of rotatable bonds is 7. The van der Waals surface area contributed by atoms with Crippen molar-refractivity contribution in [1.29, 1.82) is 0 Å². The maximum absolute atomic E-state index is 14.3. The van der Waals surface area contributed by atoms with Crippen molar-refractivity contribution >= 4 is 17.8 Å². The topological polar surface area (TPSA) is 71.0 Å². The summed E-state index contributed by atoms with van der Waals surface area (Å²) in [4.78, 5) is 25.5. The minimum absolute atomic E-state index is 0.00356. The molecule has 1 N–H and O–H groups in total. The molecule has 0 unspecified atom stereocenters. The van der Waals surface area contributed by atoms with Gasteiger partial charge in [-0.1, -0.05) is 30.3 Å². The van der Waals surface area contributed by atoms with Crippen LogP contribution in [0.2, 0.25) is 0 Å². The molecule has 0 fully saturated rings. The summed E-state index contributed by atoms with van der Waals surface area (Å²) >= 11 is 0. The fraction of sp³-hybridized carbons (Fsp3) is 0.444. The van der Waals surface area contributed by atoms with E-state index in [0.717, 1.165) is 12.8 Å². The monoisotopic (exact) mass is 345 g/mol. The molecule has 0 spiro atoms. The Hall–Kier alpha value is -2.57. The summed E-state index contributed by atoms with van der Waals surface area (Å²) in [7, 11) is 1.84. The first-order valence-electron chi connectivity index (χ1n) is 8.24. The standard InChI is InChI=1S/C18H24FN5O/c1-13(25)20-16-21-15(18(2,3)19)22-17(23-16)24(4)12-8-11-14-9-6-5-7-10-14/h5-7,9-10H,8,11-12H2,1-4H3,(H,20,21,22,23,25). The van der Waals surface area contributed by atoms with Crippen molar-refractivity contribution in [3.8, 4) is 0 Å². The molecule has 0 atom stereocenters. The molecule has 1 aromatic heterocycles. The number of aryl methyl sites for hydroxylation is 1. The van der Waals surface area contributed by atoms with Crippen LogP contribution in [0.25, 0.3) is 0 Å². The lowest BCUT2D eigenvalue weighted by atomic mass is 10.1. The molecule has 0 aliphatic rings. The Morgan fingerprint density at radius 2 is 1.88 bits per heavy atom. The Morgan fingerprint density at radius 3 is 2.48 bits per heavy atom. The zero-order valence-electron chi connectivity index (χ0n) is 15.1. The highest BCUT2D eigenvalue weighted by Crippen LogP contribution is 2.23. The van der Waals surface area contributed by atoms with Crippen LogP contribution in [0.15, 0.2) is 30.3 Å². The summed E-state index contributed by atoms with van der Waals surface area (Å²) in [6.07, 6.45) is 1.83. The summed E-state index contributed by atoms with van der Waals surface area (Å²) in [5.41, 5.74) is -0.466. The van der Waals surface area contributed by atoms with E-state index in [1.807, 2.05) is 30.1 Å². The van der Waals surface area contributed by atoms with Crippen LogP contribution in [0, 0.1) is 0 Å². The molecule has 2 rings (SSSR count). The second kappa shape index (κ2) is 8.00. The molecule has 2 aromatic rings. The Labute approximate surface area is 147 Å². The first kappa shape index (κ1) is 18.8. The summed E-state index contributed by atoms with van der Waals surface area (Å²) in [6.45, 7) is 4.80. The Balaban J connectivity index is 2.11. The summed E-state index contributed by atoms with van der Waals surface area (Å²) in [5.74, 6) is 0.0864. The number of anilines is 2. The molecule has 0 bridgehead atoms. The normalized spacial score (nSPS) is 11.2. The fourth-order valence-electron chi connectivity index (χ4n) is 2.28. The predicted octanol–water partition coefficient (Wildman–Crippen LogP) is 3.10. The van der Waals surface area contributed by atoms with Crippen molar-refractivity contribution in [1.82, 2.24) is 15.0 Å². The van der Waals surface area contributed by atoms with Gasteiger partial charge in [-0.25, -0.2) is 4.39 Å². The van der Waals surface area contributed by atoms with Gasteiger partial charge in [0, 0.05) is 20.5 Å². The number of amides is 1. The first-order chi connectivity index (χ1) is 11.8. The number of halogens is 1. The van der Waals surface area contributed by atoms with Crippen LogP contribution < -0.4 is 10.2 Å². The van der Waals surface area contributed by atoms with Crippen LogP contribution in [-0.4, -0.2) is 34.5 Å². The first-order valence-corrected chi connectivity index (χ1v) is 8.24. The van der Waals surface area contributed by atoms with Crippen LogP contribution in [-0.2, 0) is 16.9 Å². The van der Waals surface area contributed by atoms with Gasteiger partial charge in [-0.15, -0.1) is 0 Å². The molecular weight excluding hydrogens is 321 g/mol. The van der Waals surface area contributed by atoms with E-state index in [1.54, 1.807) is 0 Å². The molecule has 25 heavy (non-hydrogen) atoms. The van der Waals surface area contributed by atoms with Gasteiger partial charge >= 0.3 is 0 Å². The third-order valence-corrected chi connectivity index (χ3v) is 3.59. The van der Waals surface area contributed by atoms with E-state index in [1.165, 1.54) is 26.3 Å². The lowest BCUT2D eigenvalue weighted by Crippen LogP contribution is -2.26. The van der Waals surface area contributed by atoms with Crippen molar-refractivity contribution < 1.29 is 9.18 Å². The second-order valence-corrected chi connectivity index (χ2v) is 6.45. The molecule has 134 valence electrons. The second-order valence-electron chi connectivity index (χ2n) is 6.45. The number of benzene rings is 1. The number of aromatic nitrogens is 3. The van der Waals surface area contributed by atoms with Crippen molar-refractivity contribution in [3.05, 3.63) is 41.7 Å². The van der Waals surface area contributed by atoms with Crippen LogP contribution >= 0.6 is 0 Å². The largest absolute Gasteiger partial charge is 0.344 e. The minimum atomic E-state index is -1.73. The number of nitrogens with one attached hydrogen (secondary N) is 1. The summed E-state index contributed by atoms with van der Waals surface area (Å²) < 4.78 is 14.3. The third-order valence-electron chi connectivity index (χ3n) is 3.59. The fourth-order valence-corrected chi connectivity index (χ4v) is 2.28. The maximum atomic E-state index is 14.3. The van der Waals surface area contributed by atoms with E-state index < -0.39 is 5.67 Å². The van der Waals surface area contributed by atoms with Gasteiger partial charge in [0.05, 0.1) is 0 Å². The van der Waals surface area contributed by atoms with E-state index in [4.69, 9.17) is 0 Å². The Morgan fingerprint density at radius 1 is 1.20 bits per heavy atom. The van der Waals surface area contributed by atoms with Crippen molar-refractivity contribution in [2.24, 2.45) is 0 Å². The van der Waals surface area contributed by atoms with Crippen LogP contribution in [0.4, 0.5) is 16.3 Å². The van der Waals surface area contributed by atoms with Gasteiger partial charge in [0.15, 0.2) is 11.5 Å². The molecule has 0 saturated carbocycles. The lowest BCUT2D eigenvalue weighted by molar-refractivity contribution is -0.114. The van der Waals surface area contributed by atoms with Crippen molar-refractivity contribution in [2.75, 3.05) is 23.8 Å². The molecule has 0 aliphatic carbocycles. The smallest absolute Gasteiger partial charge is 0.234 e. The summed E-state index contributed by atoms with van der Waals surface area (Å²) in [6, 6.07) is 10.2. The molecule has 7 heteroatoms. The Kier molecular flexibility index (Phi) is 6.01. The van der Waals surface area contributed by atoms with Crippen LogP contribution in [0.1, 0.15) is 38.6 Å². The van der Waals surface area contributed by atoms with Gasteiger partial charge in [-0.05, 0) is 32.3 Å². The Bertz CT molecular complexity index is 715. The van der Waals surface area contributed by atoms with Gasteiger partial charge < -0.3 is 4.90 Å². The van der Waals surface area contributed by atoms with Gasteiger partial charge in [0.25, 0.3) is 0 Å². The lowest BCUT2D eigenvalue weighted by Gasteiger charge is -2.20. The zero-order chi connectivity index (χ0) is 18.4. The average molecular weight is 345 g/mol. The van der Waals surface area contributed by atoms with Gasteiger partial charge in [-0.3, -0.25) is 10.1 Å². The molecular formula is C18H24FN5O. The molecule has 0 radical (unpaired) electrons. The molecule has 0 saturated heterocycles. The number of alkyl halides is 1. The predicted molar refractivity (Wildman–Crippen MR) is 96.3 cm³/mol. The zero-order valence-corrected chi connectivity index (χ0v) is 15.1. The quantitative estimate of drug-likeness (QED) is 0.835. The highest BCUT2D eigenvalue weighted by molar-refractivity contribution is 5.86. The molecule has 1 aromatic carbocycles. The van der Waals surface area contributed by atoms with E-state index in [9.17, 15) is 9.18 Å². The van der Waals surface area contributed by atoms with E-state index in [2.05, 4.69) is 32.4 Å². The highest BCUT2D eigenvalue weighted by atomic mass is 19.1. The molecule has 6 nitrogen and oxygen atoms in total. The number of hydrogen-bond donors (Lipinski definition) is 1. The molecule has 0 aliphatic heterocycles. The number of carbonyl (C=O) groups excluding carboxylic acids is 1. The number of carbonyl (C=O) groups is 1. The van der Waals surface area contributed by atoms with Gasteiger partial charge in [-0.2, -0.15) is 15.0 Å². The van der Waals surface area contributed by atoms with Gasteiger partial charge in [0.2, 0.25) is 17.8 Å². The van der Waals surface area contributed by atoms with Gasteiger partial charge in [0.1, 0.15) is 0 Å². The minimum Gasteiger partial charge on any atom is -0.344 e. The van der Waals surface area contributed by atoms with Crippen LogP contribution in [0.3, 0.4) is 0 Å². The number of hydrogen-bond acceptors (Lipinski definition) is 5. The third kappa shape index (κ3) is 5.77. The summed E-state index contributed by atoms with van der Waals surface area (Å²) in [5, 5.41) is 2.50. The highest BCUT2D eigenvalue weighted by Gasteiger charge is 2.25. The average Bonchev–Trinajstić information content (AvgIpc) is 2.54. The molecule has 1 heterocycles.